The zero-order valence-corrected chi connectivity index (χ0v) is 15.5. The lowest BCUT2D eigenvalue weighted by molar-refractivity contribution is 0.0797. The van der Waals surface area contributed by atoms with Crippen LogP contribution >= 0.6 is 11.3 Å². The van der Waals surface area contributed by atoms with Gasteiger partial charge in [0.25, 0.3) is 0 Å². The molecule has 134 valence electrons. The number of imidazole rings is 1. The maximum atomic E-state index is 12.7. The Bertz CT molecular complexity index is 872. The Morgan fingerprint density at radius 2 is 2.15 bits per heavy atom. The molecule has 0 amide bonds. The van der Waals surface area contributed by atoms with Crippen LogP contribution in [0.3, 0.4) is 0 Å². The number of ketones is 1. The Kier molecular flexibility index (Phi) is 4.90. The molecule has 0 aliphatic carbocycles. The van der Waals surface area contributed by atoms with Crippen LogP contribution in [0.1, 0.15) is 29.0 Å². The van der Waals surface area contributed by atoms with Gasteiger partial charge in [-0.2, -0.15) is 0 Å². The van der Waals surface area contributed by atoms with Crippen LogP contribution in [0.15, 0.2) is 42.3 Å². The molecule has 1 atom stereocenters. The number of piperidine rings is 1. The van der Waals surface area contributed by atoms with Crippen molar-refractivity contribution < 1.29 is 4.79 Å². The summed E-state index contributed by atoms with van der Waals surface area (Å²) in [4.78, 5) is 29.3. The van der Waals surface area contributed by atoms with Crippen molar-refractivity contribution >= 4 is 17.1 Å². The molecule has 0 aromatic carbocycles. The molecule has 1 aliphatic heterocycles. The summed E-state index contributed by atoms with van der Waals surface area (Å²) in [6, 6.07) is 4.03. The van der Waals surface area contributed by atoms with E-state index in [1.807, 2.05) is 43.2 Å². The van der Waals surface area contributed by atoms with Crippen molar-refractivity contribution in [1.29, 1.82) is 0 Å². The van der Waals surface area contributed by atoms with Gasteiger partial charge >= 0.3 is 0 Å². The van der Waals surface area contributed by atoms with Crippen molar-refractivity contribution in [2.45, 2.75) is 19.4 Å². The summed E-state index contributed by atoms with van der Waals surface area (Å²) in [5, 5.41) is 2.03. The topological polar surface area (TPSA) is 63.9 Å². The van der Waals surface area contributed by atoms with Gasteiger partial charge in [0.1, 0.15) is 0 Å². The fraction of sp³-hybridized carbons (Fsp3) is 0.368. The first-order valence-electron chi connectivity index (χ1n) is 8.79. The first-order valence-corrected chi connectivity index (χ1v) is 9.67. The number of carbonyl (C=O) groups is 1. The Morgan fingerprint density at radius 3 is 2.85 bits per heavy atom. The van der Waals surface area contributed by atoms with Crippen LogP contribution in [0.5, 0.6) is 0 Å². The van der Waals surface area contributed by atoms with Gasteiger partial charge in [0.2, 0.25) is 5.78 Å². The Hall–Kier alpha value is -2.38. The zero-order chi connectivity index (χ0) is 17.9. The second kappa shape index (κ2) is 7.47. The third kappa shape index (κ3) is 3.59. The summed E-state index contributed by atoms with van der Waals surface area (Å²) < 4.78 is 1.80. The van der Waals surface area contributed by atoms with Crippen molar-refractivity contribution in [3.05, 3.63) is 53.7 Å². The van der Waals surface area contributed by atoms with E-state index < -0.39 is 0 Å². The molecule has 7 heteroatoms. The van der Waals surface area contributed by atoms with Crippen LogP contribution in [0.4, 0.5) is 0 Å². The second-order valence-electron chi connectivity index (χ2n) is 6.69. The van der Waals surface area contributed by atoms with E-state index >= 15 is 0 Å². The molecule has 6 nitrogen and oxygen atoms in total. The third-order valence-electron chi connectivity index (χ3n) is 4.77. The molecule has 26 heavy (non-hydrogen) atoms. The third-order valence-corrected chi connectivity index (χ3v) is 5.64. The number of rotatable bonds is 5. The van der Waals surface area contributed by atoms with E-state index in [-0.39, 0.29) is 11.7 Å². The first-order chi connectivity index (χ1) is 12.7. The summed E-state index contributed by atoms with van der Waals surface area (Å²) >= 11 is 1.64. The molecule has 4 rings (SSSR count). The minimum atomic E-state index is 0.0103. The smallest absolute Gasteiger partial charge is 0.202 e. The van der Waals surface area contributed by atoms with Gasteiger partial charge in [-0.15, -0.1) is 11.3 Å². The van der Waals surface area contributed by atoms with E-state index in [0.717, 1.165) is 48.7 Å². The molecule has 3 aromatic heterocycles. The zero-order valence-electron chi connectivity index (χ0n) is 14.7. The van der Waals surface area contributed by atoms with Crippen LogP contribution in [0.25, 0.3) is 10.7 Å². The van der Waals surface area contributed by atoms with E-state index in [2.05, 4.69) is 19.9 Å². The molecule has 0 radical (unpaired) electrons. The van der Waals surface area contributed by atoms with E-state index in [4.69, 9.17) is 0 Å². The lowest BCUT2D eigenvalue weighted by Crippen LogP contribution is -2.38. The maximum absolute atomic E-state index is 12.7. The largest absolute Gasteiger partial charge is 0.332 e. The number of aromatic nitrogens is 4. The standard InChI is InChI=1S/C19H21N5OS/c1-23-8-6-20-19(23)17(25)15-4-2-7-24(13-15)12-14-10-21-18(22-11-14)16-5-3-9-26-16/h3,5-6,8-11,15H,2,4,7,12-13H2,1H3. The summed E-state index contributed by atoms with van der Waals surface area (Å²) in [5.41, 5.74) is 1.08. The normalized spacial score (nSPS) is 18.1. The lowest BCUT2D eigenvalue weighted by Gasteiger charge is -2.31. The minimum Gasteiger partial charge on any atom is -0.332 e. The van der Waals surface area contributed by atoms with Crippen molar-refractivity contribution in [1.82, 2.24) is 24.4 Å². The SMILES string of the molecule is Cn1ccnc1C(=O)C1CCCN(Cc2cnc(-c3cccs3)nc2)C1. The average molecular weight is 367 g/mol. The highest BCUT2D eigenvalue weighted by Crippen LogP contribution is 2.23. The van der Waals surface area contributed by atoms with Crippen LogP contribution in [0.2, 0.25) is 0 Å². The quantitative estimate of drug-likeness (QED) is 0.649. The number of likely N-dealkylation sites (tertiary alicyclic amines) is 1. The number of Topliss-reactive ketones (excluding diaryl/α,β-unsaturated/α-hetero) is 1. The van der Waals surface area contributed by atoms with Crippen LogP contribution in [-0.2, 0) is 13.6 Å². The Labute approximate surface area is 156 Å². The Balaban J connectivity index is 1.40. The molecular formula is C19H21N5OS. The summed E-state index contributed by atoms with van der Waals surface area (Å²) in [7, 11) is 1.87. The summed E-state index contributed by atoms with van der Waals surface area (Å²) in [6.07, 6.45) is 9.24. The lowest BCUT2D eigenvalue weighted by atomic mass is 9.93. The molecular weight excluding hydrogens is 346 g/mol. The van der Waals surface area contributed by atoms with Crippen LogP contribution in [0, 0.1) is 5.92 Å². The molecule has 0 saturated carbocycles. The van der Waals surface area contributed by atoms with Crippen molar-refractivity contribution in [2.24, 2.45) is 13.0 Å². The molecule has 0 spiro atoms. The predicted octanol–water partition coefficient (Wildman–Crippen LogP) is 3.03. The fourth-order valence-corrected chi connectivity index (χ4v) is 4.10. The predicted molar refractivity (Wildman–Crippen MR) is 101 cm³/mol. The number of aryl methyl sites for hydroxylation is 1. The van der Waals surface area contributed by atoms with Crippen LogP contribution in [-0.4, -0.2) is 43.3 Å². The van der Waals surface area contributed by atoms with Gasteiger partial charge < -0.3 is 4.57 Å². The van der Waals surface area contributed by atoms with Gasteiger partial charge in [-0.05, 0) is 30.8 Å². The van der Waals surface area contributed by atoms with Crippen molar-refractivity contribution in [3.8, 4) is 10.7 Å². The average Bonchev–Trinajstić information content (AvgIpc) is 3.34. The van der Waals surface area contributed by atoms with E-state index in [0.29, 0.717) is 5.82 Å². The minimum absolute atomic E-state index is 0.0103. The van der Waals surface area contributed by atoms with Gasteiger partial charge in [0, 0.05) is 56.4 Å². The monoisotopic (exact) mass is 367 g/mol. The van der Waals surface area contributed by atoms with Gasteiger partial charge in [-0.1, -0.05) is 6.07 Å². The molecule has 0 N–H and O–H groups in total. The van der Waals surface area contributed by atoms with Gasteiger partial charge in [0.15, 0.2) is 11.6 Å². The highest BCUT2D eigenvalue weighted by molar-refractivity contribution is 7.13. The van der Waals surface area contributed by atoms with E-state index in [1.165, 1.54) is 0 Å². The summed E-state index contributed by atoms with van der Waals surface area (Å²) in [6.45, 7) is 2.53. The molecule has 1 fully saturated rings. The van der Waals surface area contributed by atoms with Crippen molar-refractivity contribution in [3.63, 3.8) is 0 Å². The van der Waals surface area contributed by atoms with Crippen molar-refractivity contribution in [2.75, 3.05) is 13.1 Å². The number of hydrogen-bond acceptors (Lipinski definition) is 6. The molecule has 0 bridgehead atoms. The van der Waals surface area contributed by atoms with E-state index in [9.17, 15) is 4.79 Å². The van der Waals surface area contributed by atoms with Crippen LogP contribution < -0.4 is 0 Å². The molecule has 1 saturated heterocycles. The fourth-order valence-electron chi connectivity index (χ4n) is 3.43. The highest BCUT2D eigenvalue weighted by Gasteiger charge is 2.28. The Morgan fingerprint density at radius 1 is 1.31 bits per heavy atom. The second-order valence-corrected chi connectivity index (χ2v) is 7.64. The molecule has 1 unspecified atom stereocenters. The van der Waals surface area contributed by atoms with Gasteiger partial charge in [-0.3, -0.25) is 9.69 Å². The first kappa shape index (κ1) is 17.1. The molecule has 3 aromatic rings. The molecule has 1 aliphatic rings. The summed E-state index contributed by atoms with van der Waals surface area (Å²) in [5.74, 6) is 1.48. The maximum Gasteiger partial charge on any atom is 0.202 e. The number of thiophene rings is 1. The number of hydrogen-bond donors (Lipinski definition) is 0. The van der Waals surface area contributed by atoms with E-state index in [1.54, 1.807) is 22.1 Å². The number of nitrogens with zero attached hydrogens (tertiary/aromatic N) is 5. The van der Waals surface area contributed by atoms with Gasteiger partial charge in [-0.25, -0.2) is 15.0 Å². The molecule has 4 heterocycles. The van der Waals surface area contributed by atoms with Gasteiger partial charge in [0.05, 0.1) is 4.88 Å². The number of carbonyl (C=O) groups excluding carboxylic acids is 1. The highest BCUT2D eigenvalue weighted by atomic mass is 32.1.